The first-order valence-electron chi connectivity index (χ1n) is 8.06. The molecule has 0 saturated carbocycles. The first-order valence-corrected chi connectivity index (χ1v) is 8.06. The minimum atomic E-state index is -0.891. The second-order valence-corrected chi connectivity index (χ2v) is 5.71. The molecule has 0 atom stereocenters. The van der Waals surface area contributed by atoms with Crippen molar-refractivity contribution in [1.82, 2.24) is 4.90 Å². The van der Waals surface area contributed by atoms with Gasteiger partial charge >= 0.3 is 0 Å². The van der Waals surface area contributed by atoms with Crippen LogP contribution in [-0.4, -0.2) is 37.5 Å². The van der Waals surface area contributed by atoms with Crippen LogP contribution in [0.5, 0.6) is 11.5 Å². The van der Waals surface area contributed by atoms with Crippen LogP contribution in [-0.2, 0) is 16.1 Å². The summed E-state index contributed by atoms with van der Waals surface area (Å²) in [6.07, 6.45) is 0. The molecular formula is C19H20F2N2O4. The van der Waals surface area contributed by atoms with E-state index in [1.54, 1.807) is 18.2 Å². The van der Waals surface area contributed by atoms with Gasteiger partial charge in [-0.25, -0.2) is 8.78 Å². The normalized spacial score (nSPS) is 10.3. The lowest BCUT2D eigenvalue weighted by molar-refractivity contribution is -0.133. The summed E-state index contributed by atoms with van der Waals surface area (Å²) >= 11 is 0. The van der Waals surface area contributed by atoms with E-state index in [1.165, 1.54) is 32.1 Å². The van der Waals surface area contributed by atoms with Crippen LogP contribution in [0.1, 0.15) is 12.5 Å². The van der Waals surface area contributed by atoms with Crippen molar-refractivity contribution < 1.29 is 27.8 Å². The Hall–Kier alpha value is -3.16. The molecule has 0 fully saturated rings. The maximum absolute atomic E-state index is 13.6. The lowest BCUT2D eigenvalue weighted by Crippen LogP contribution is -2.36. The van der Waals surface area contributed by atoms with Gasteiger partial charge in [0.25, 0.3) is 0 Å². The predicted octanol–water partition coefficient (Wildman–Crippen LogP) is 2.97. The summed E-state index contributed by atoms with van der Waals surface area (Å²) in [7, 11) is 2.99. The van der Waals surface area contributed by atoms with Gasteiger partial charge < -0.3 is 19.7 Å². The number of rotatable bonds is 7. The highest BCUT2D eigenvalue weighted by Crippen LogP contribution is 2.28. The molecular weight excluding hydrogens is 358 g/mol. The zero-order valence-corrected chi connectivity index (χ0v) is 15.2. The fourth-order valence-corrected chi connectivity index (χ4v) is 2.45. The Kier molecular flexibility index (Phi) is 6.70. The highest BCUT2D eigenvalue weighted by molar-refractivity contribution is 5.94. The molecule has 0 radical (unpaired) electrons. The molecule has 8 heteroatoms. The fourth-order valence-electron chi connectivity index (χ4n) is 2.45. The summed E-state index contributed by atoms with van der Waals surface area (Å²) < 4.78 is 37.7. The zero-order chi connectivity index (χ0) is 20.0. The third-order valence-corrected chi connectivity index (χ3v) is 3.83. The van der Waals surface area contributed by atoms with Gasteiger partial charge in [-0.3, -0.25) is 9.59 Å². The lowest BCUT2D eigenvalue weighted by atomic mass is 10.2. The highest BCUT2D eigenvalue weighted by atomic mass is 19.1. The van der Waals surface area contributed by atoms with E-state index in [2.05, 4.69) is 5.32 Å². The Morgan fingerprint density at radius 1 is 1.04 bits per heavy atom. The van der Waals surface area contributed by atoms with Crippen LogP contribution in [0.3, 0.4) is 0 Å². The number of methoxy groups -OCH3 is 2. The average Bonchev–Trinajstić information content (AvgIpc) is 2.64. The summed E-state index contributed by atoms with van der Waals surface area (Å²) in [5.74, 6) is -1.85. The van der Waals surface area contributed by atoms with E-state index in [-0.39, 0.29) is 19.0 Å². The molecule has 1 N–H and O–H groups in total. The van der Waals surface area contributed by atoms with E-state index in [9.17, 15) is 18.4 Å². The van der Waals surface area contributed by atoms with Crippen molar-refractivity contribution in [2.75, 3.05) is 26.1 Å². The molecule has 27 heavy (non-hydrogen) atoms. The molecule has 0 aromatic heterocycles. The number of nitrogens with zero attached hydrogens (tertiary/aromatic N) is 1. The summed E-state index contributed by atoms with van der Waals surface area (Å²) in [5.41, 5.74) is 0.157. The Balaban J connectivity index is 2.11. The van der Waals surface area contributed by atoms with Crippen LogP contribution in [0.15, 0.2) is 36.4 Å². The van der Waals surface area contributed by atoms with Gasteiger partial charge in [-0.15, -0.1) is 0 Å². The number of halogens is 2. The number of carbonyl (C=O) groups is 2. The Morgan fingerprint density at radius 2 is 1.67 bits per heavy atom. The number of anilines is 1. The molecule has 0 saturated heterocycles. The number of ether oxygens (including phenoxy) is 2. The largest absolute Gasteiger partial charge is 0.493 e. The number of carbonyl (C=O) groups excluding carboxylic acids is 2. The molecule has 6 nitrogen and oxygen atoms in total. The first kappa shape index (κ1) is 20.2. The Labute approximate surface area is 155 Å². The molecule has 2 aromatic rings. The van der Waals surface area contributed by atoms with Crippen molar-refractivity contribution in [3.63, 3.8) is 0 Å². The average molecular weight is 378 g/mol. The summed E-state index contributed by atoms with van der Waals surface area (Å²) in [4.78, 5) is 25.3. The number of hydrogen-bond donors (Lipinski definition) is 1. The maximum Gasteiger partial charge on any atom is 0.244 e. The quantitative estimate of drug-likeness (QED) is 0.804. The van der Waals surface area contributed by atoms with Crippen LogP contribution in [0, 0.1) is 11.6 Å². The topological polar surface area (TPSA) is 67.9 Å². The summed E-state index contributed by atoms with van der Waals surface area (Å²) in [6.45, 7) is 1.05. The zero-order valence-electron chi connectivity index (χ0n) is 15.2. The molecule has 0 aliphatic heterocycles. The minimum absolute atomic E-state index is 0.114. The van der Waals surface area contributed by atoms with Gasteiger partial charge in [-0.2, -0.15) is 0 Å². The molecule has 2 amide bonds. The van der Waals surface area contributed by atoms with Crippen LogP contribution >= 0.6 is 0 Å². The van der Waals surface area contributed by atoms with Gasteiger partial charge in [0.2, 0.25) is 11.8 Å². The van der Waals surface area contributed by atoms with Crippen molar-refractivity contribution >= 4 is 17.5 Å². The molecule has 144 valence electrons. The molecule has 0 heterocycles. The second kappa shape index (κ2) is 8.98. The molecule has 0 unspecified atom stereocenters. The number of amides is 2. The number of para-hydroxylation sites is 1. The monoisotopic (exact) mass is 378 g/mol. The van der Waals surface area contributed by atoms with E-state index in [1.807, 2.05) is 0 Å². The lowest BCUT2D eigenvalue weighted by Gasteiger charge is -2.21. The minimum Gasteiger partial charge on any atom is -0.493 e. The van der Waals surface area contributed by atoms with E-state index in [0.29, 0.717) is 17.1 Å². The molecule has 0 aliphatic carbocycles. The van der Waals surface area contributed by atoms with Crippen LogP contribution < -0.4 is 14.8 Å². The predicted molar refractivity (Wildman–Crippen MR) is 95.6 cm³/mol. The first-order chi connectivity index (χ1) is 12.8. The van der Waals surface area contributed by atoms with Crippen molar-refractivity contribution in [3.05, 3.63) is 53.6 Å². The SMILES string of the molecule is COc1ccc(CN(CC(=O)Nc2c(F)cccc2F)C(C)=O)cc1OC. The van der Waals surface area contributed by atoms with Gasteiger partial charge in [0.1, 0.15) is 23.9 Å². The third kappa shape index (κ3) is 5.16. The smallest absolute Gasteiger partial charge is 0.244 e. The molecule has 0 bridgehead atoms. The van der Waals surface area contributed by atoms with Crippen molar-refractivity contribution in [3.8, 4) is 11.5 Å². The van der Waals surface area contributed by atoms with Crippen molar-refractivity contribution in [2.24, 2.45) is 0 Å². The summed E-state index contributed by atoms with van der Waals surface area (Å²) in [5, 5.41) is 2.16. The van der Waals surface area contributed by atoms with Crippen LogP contribution in [0.4, 0.5) is 14.5 Å². The molecule has 0 spiro atoms. The van der Waals surface area contributed by atoms with Crippen molar-refractivity contribution in [2.45, 2.75) is 13.5 Å². The Morgan fingerprint density at radius 3 is 2.22 bits per heavy atom. The third-order valence-electron chi connectivity index (χ3n) is 3.83. The highest BCUT2D eigenvalue weighted by Gasteiger charge is 2.18. The summed E-state index contributed by atoms with van der Waals surface area (Å²) in [6, 6.07) is 8.35. The maximum atomic E-state index is 13.6. The van der Waals surface area contributed by atoms with E-state index in [0.717, 1.165) is 12.1 Å². The van der Waals surface area contributed by atoms with Crippen LogP contribution in [0.2, 0.25) is 0 Å². The van der Waals surface area contributed by atoms with Crippen molar-refractivity contribution in [1.29, 1.82) is 0 Å². The standard InChI is InChI=1S/C19H20F2N2O4/c1-12(24)23(10-13-7-8-16(26-2)17(9-13)27-3)11-18(25)22-19-14(20)5-4-6-15(19)21/h4-9H,10-11H2,1-3H3,(H,22,25). The second-order valence-electron chi connectivity index (χ2n) is 5.71. The molecule has 2 aromatic carbocycles. The van der Waals surface area contributed by atoms with Gasteiger partial charge in [0, 0.05) is 13.5 Å². The number of hydrogen-bond acceptors (Lipinski definition) is 4. The van der Waals surface area contributed by atoms with E-state index >= 15 is 0 Å². The van der Waals surface area contributed by atoms with Gasteiger partial charge in [0.05, 0.1) is 14.2 Å². The number of nitrogens with one attached hydrogen (secondary N) is 1. The van der Waals surface area contributed by atoms with Gasteiger partial charge in [0.15, 0.2) is 11.5 Å². The molecule has 2 rings (SSSR count). The Bertz CT molecular complexity index is 822. The number of benzene rings is 2. The van der Waals surface area contributed by atoms with E-state index in [4.69, 9.17) is 9.47 Å². The van der Waals surface area contributed by atoms with Crippen LogP contribution in [0.25, 0.3) is 0 Å². The van der Waals surface area contributed by atoms with E-state index < -0.39 is 23.2 Å². The van der Waals surface area contributed by atoms with Gasteiger partial charge in [-0.1, -0.05) is 12.1 Å². The fraction of sp³-hybridized carbons (Fsp3) is 0.263. The molecule has 0 aliphatic rings. The van der Waals surface area contributed by atoms with Gasteiger partial charge in [-0.05, 0) is 29.8 Å².